The van der Waals surface area contributed by atoms with E-state index in [9.17, 15) is 19.2 Å². The lowest BCUT2D eigenvalue weighted by Gasteiger charge is -2.28. The summed E-state index contributed by atoms with van der Waals surface area (Å²) in [6.07, 6.45) is 2.92. The number of ether oxygens (including phenoxy) is 2. The molecule has 2 bridgehead atoms. The van der Waals surface area contributed by atoms with Gasteiger partial charge in [-0.25, -0.2) is 4.79 Å². The molecule has 5 unspecified atom stereocenters. The van der Waals surface area contributed by atoms with Gasteiger partial charge in [-0.1, -0.05) is 43.3 Å². The van der Waals surface area contributed by atoms with Gasteiger partial charge in [0, 0.05) is 5.75 Å². The zero-order valence-corrected chi connectivity index (χ0v) is 17.0. The van der Waals surface area contributed by atoms with Crippen LogP contribution in [0.3, 0.4) is 0 Å². The van der Waals surface area contributed by atoms with Crippen molar-refractivity contribution in [2.75, 3.05) is 12.4 Å². The Morgan fingerprint density at radius 2 is 2.00 bits per heavy atom. The highest BCUT2D eigenvalue weighted by Gasteiger charge is 2.68. The van der Waals surface area contributed by atoms with Crippen LogP contribution in [0.15, 0.2) is 42.5 Å². The van der Waals surface area contributed by atoms with Crippen LogP contribution in [-0.4, -0.2) is 57.2 Å². The second-order valence-electron chi connectivity index (χ2n) is 7.74. The Balaban J connectivity index is 1.43. The van der Waals surface area contributed by atoms with Crippen molar-refractivity contribution < 1.29 is 33.8 Å². The molecule has 2 amide bonds. The minimum Gasteiger partial charge on any atom is -0.481 e. The Hall–Kier alpha value is -2.65. The summed E-state index contributed by atoms with van der Waals surface area (Å²) in [7, 11) is 0. The fourth-order valence-electron chi connectivity index (χ4n) is 4.13. The number of thioether (sulfide) groups is 1. The van der Waals surface area contributed by atoms with Gasteiger partial charge in [-0.05, 0) is 23.4 Å². The van der Waals surface area contributed by atoms with Gasteiger partial charge in [0.15, 0.2) is 0 Å². The highest BCUT2D eigenvalue weighted by Crippen LogP contribution is 2.52. The Labute approximate surface area is 177 Å². The number of amides is 2. The minimum absolute atomic E-state index is 0.0782. The summed E-state index contributed by atoms with van der Waals surface area (Å²) >= 11 is 0.764. The van der Waals surface area contributed by atoms with Gasteiger partial charge in [0.2, 0.25) is 11.8 Å². The molecule has 1 aromatic carbocycles. The number of carboxylic acids is 1. The smallest absolute Gasteiger partial charge is 0.367 e. The van der Waals surface area contributed by atoms with Crippen LogP contribution in [0, 0.1) is 17.8 Å². The van der Waals surface area contributed by atoms with E-state index in [-0.39, 0.29) is 30.7 Å². The predicted molar refractivity (Wildman–Crippen MR) is 106 cm³/mol. The summed E-state index contributed by atoms with van der Waals surface area (Å²) in [5.41, 5.74) is -0.313. The number of likely N-dealkylation sites (tertiary alicyclic amines) is 1. The number of fused-ring (bicyclic) bond motifs is 5. The van der Waals surface area contributed by atoms with Crippen molar-refractivity contribution in [3.8, 4) is 0 Å². The largest absolute Gasteiger partial charge is 0.481 e. The normalized spacial score (nSPS) is 29.9. The first-order valence-electron chi connectivity index (χ1n) is 9.61. The van der Waals surface area contributed by atoms with E-state index in [2.05, 4.69) is 0 Å². The van der Waals surface area contributed by atoms with Gasteiger partial charge in [0.25, 0.3) is 0 Å². The number of aliphatic carboxylic acids is 1. The summed E-state index contributed by atoms with van der Waals surface area (Å²) in [5.74, 6) is -3.57. The molecule has 3 heterocycles. The molecule has 0 saturated carbocycles. The number of carbonyl (C=O) groups excluding carboxylic acids is 3. The fourth-order valence-corrected chi connectivity index (χ4v) is 4.80. The number of nitrogens with zero attached hydrogens (tertiary/aromatic N) is 1. The van der Waals surface area contributed by atoms with Crippen molar-refractivity contribution >= 4 is 34.8 Å². The van der Waals surface area contributed by atoms with Crippen molar-refractivity contribution in [1.82, 2.24) is 4.90 Å². The lowest BCUT2D eigenvalue weighted by atomic mass is 9.77. The molecular formula is C21H21NO7S. The number of imide groups is 1. The molecule has 0 aliphatic carbocycles. The molecule has 0 spiro atoms. The Morgan fingerprint density at radius 1 is 1.27 bits per heavy atom. The van der Waals surface area contributed by atoms with E-state index in [1.54, 1.807) is 12.2 Å². The van der Waals surface area contributed by atoms with Gasteiger partial charge >= 0.3 is 11.3 Å². The van der Waals surface area contributed by atoms with Crippen molar-refractivity contribution in [1.29, 1.82) is 0 Å². The van der Waals surface area contributed by atoms with Crippen LogP contribution in [0.5, 0.6) is 0 Å². The summed E-state index contributed by atoms with van der Waals surface area (Å²) in [5, 5.41) is 8.26. The molecule has 1 aromatic rings. The molecule has 5 atom stereocenters. The monoisotopic (exact) mass is 431 g/mol. The summed E-state index contributed by atoms with van der Waals surface area (Å²) in [6.45, 7) is 1.49. The van der Waals surface area contributed by atoms with Crippen LogP contribution in [0.1, 0.15) is 12.5 Å². The zero-order chi connectivity index (χ0) is 21.5. The third-order valence-electron chi connectivity index (χ3n) is 5.72. The molecule has 3 aliphatic rings. The van der Waals surface area contributed by atoms with Crippen molar-refractivity contribution in [3.63, 3.8) is 0 Å². The van der Waals surface area contributed by atoms with Crippen LogP contribution in [0.25, 0.3) is 0 Å². The van der Waals surface area contributed by atoms with Crippen molar-refractivity contribution in [2.24, 2.45) is 17.8 Å². The maximum atomic E-state index is 13.1. The standard InChI is InChI=1S/C21H21NO7S/c1-12(19(25)26)10-30-20(27)28-11-21-8-7-14(29-21)15-16(21)18(24)22(17(15)23)9-13-5-3-2-4-6-13/h2-8,12,14-16H,9-11H2,1H3,(H,25,26). The molecule has 158 valence electrons. The molecule has 0 aromatic heterocycles. The number of hydrogen-bond donors (Lipinski definition) is 1. The molecule has 2 saturated heterocycles. The maximum Gasteiger partial charge on any atom is 0.367 e. The summed E-state index contributed by atoms with van der Waals surface area (Å²) in [6, 6.07) is 9.26. The minimum atomic E-state index is -1.16. The van der Waals surface area contributed by atoms with Gasteiger partial charge in [-0.3, -0.25) is 19.3 Å². The Morgan fingerprint density at radius 3 is 2.70 bits per heavy atom. The van der Waals surface area contributed by atoms with Crippen LogP contribution >= 0.6 is 11.8 Å². The van der Waals surface area contributed by atoms with E-state index in [1.165, 1.54) is 11.8 Å². The first kappa shape index (κ1) is 20.6. The SMILES string of the molecule is CC(CSC(=O)OCC12C=CC(O1)C1C(=O)N(Cc3ccccc3)C(=O)C12)C(=O)O. The quantitative estimate of drug-likeness (QED) is 0.397. The molecule has 30 heavy (non-hydrogen) atoms. The average molecular weight is 431 g/mol. The van der Waals surface area contributed by atoms with Gasteiger partial charge in [-0.15, -0.1) is 0 Å². The van der Waals surface area contributed by atoms with E-state index in [4.69, 9.17) is 14.6 Å². The number of carbonyl (C=O) groups is 4. The number of benzene rings is 1. The Bertz CT molecular complexity index is 917. The third-order valence-corrected chi connectivity index (χ3v) is 6.74. The zero-order valence-electron chi connectivity index (χ0n) is 16.2. The van der Waals surface area contributed by atoms with Gasteiger partial charge in [-0.2, -0.15) is 0 Å². The van der Waals surface area contributed by atoms with Gasteiger partial charge in [0.1, 0.15) is 12.2 Å². The first-order valence-corrected chi connectivity index (χ1v) is 10.6. The highest BCUT2D eigenvalue weighted by atomic mass is 32.2. The van der Waals surface area contributed by atoms with Crippen LogP contribution in [-0.2, 0) is 30.4 Å². The number of rotatable bonds is 7. The second-order valence-corrected chi connectivity index (χ2v) is 8.69. The van der Waals surface area contributed by atoms with E-state index < -0.39 is 40.7 Å². The first-order chi connectivity index (χ1) is 14.3. The molecule has 9 heteroatoms. The molecular weight excluding hydrogens is 410 g/mol. The topological polar surface area (TPSA) is 110 Å². The van der Waals surface area contributed by atoms with Gasteiger partial charge < -0.3 is 14.6 Å². The molecule has 0 radical (unpaired) electrons. The number of hydrogen-bond acceptors (Lipinski definition) is 7. The average Bonchev–Trinajstić information content (AvgIpc) is 3.37. The van der Waals surface area contributed by atoms with E-state index in [1.807, 2.05) is 30.3 Å². The lowest BCUT2D eigenvalue weighted by Crippen LogP contribution is -2.44. The van der Waals surface area contributed by atoms with Gasteiger partial charge in [0.05, 0.1) is 30.4 Å². The fraction of sp³-hybridized carbons (Fsp3) is 0.429. The summed E-state index contributed by atoms with van der Waals surface area (Å²) in [4.78, 5) is 50.2. The second kappa shape index (κ2) is 7.88. The molecule has 2 fully saturated rings. The highest BCUT2D eigenvalue weighted by molar-refractivity contribution is 8.13. The summed E-state index contributed by atoms with van der Waals surface area (Å²) < 4.78 is 11.2. The van der Waals surface area contributed by atoms with E-state index >= 15 is 0 Å². The maximum absolute atomic E-state index is 13.1. The van der Waals surface area contributed by atoms with Crippen LogP contribution < -0.4 is 0 Å². The van der Waals surface area contributed by atoms with E-state index in [0.29, 0.717) is 0 Å². The van der Waals surface area contributed by atoms with E-state index in [0.717, 1.165) is 17.3 Å². The number of carboxylic acid groups (broad SMARTS) is 1. The lowest BCUT2D eigenvalue weighted by molar-refractivity contribution is -0.146. The molecule has 4 rings (SSSR count). The van der Waals surface area contributed by atoms with Crippen LogP contribution in [0.4, 0.5) is 4.79 Å². The molecule has 8 nitrogen and oxygen atoms in total. The van der Waals surface area contributed by atoms with Crippen LogP contribution in [0.2, 0.25) is 0 Å². The third kappa shape index (κ3) is 3.52. The van der Waals surface area contributed by atoms with Crippen molar-refractivity contribution in [3.05, 3.63) is 48.0 Å². The van der Waals surface area contributed by atoms with Crippen molar-refractivity contribution in [2.45, 2.75) is 25.2 Å². The Kier molecular flexibility index (Phi) is 5.42. The molecule has 3 aliphatic heterocycles. The molecule has 1 N–H and O–H groups in total. The predicted octanol–water partition coefficient (Wildman–Crippen LogP) is 2.09.